The van der Waals surface area contributed by atoms with E-state index in [0.717, 1.165) is 59.8 Å². The average molecular weight is 367 g/mol. The Kier molecular flexibility index (Phi) is 4.12. The smallest absolute Gasteiger partial charge is 0.209 e. The topological polar surface area (TPSA) is 72.6 Å². The minimum Gasteiger partial charge on any atom is -0.336 e. The predicted octanol–water partition coefficient (Wildman–Crippen LogP) is 3.26. The largest absolute Gasteiger partial charge is 0.336 e. The van der Waals surface area contributed by atoms with Crippen molar-refractivity contribution >= 4 is 16.5 Å². The molecule has 0 N–H and O–H groups in total. The van der Waals surface area contributed by atoms with Gasteiger partial charge in [0.1, 0.15) is 11.5 Å². The summed E-state index contributed by atoms with van der Waals surface area (Å²) in [6, 6.07) is 6.12. The van der Waals surface area contributed by atoms with Crippen LogP contribution in [0.15, 0.2) is 24.4 Å². The van der Waals surface area contributed by atoms with Crippen LogP contribution in [0.2, 0.25) is 0 Å². The zero-order valence-corrected chi connectivity index (χ0v) is 15.4. The van der Waals surface area contributed by atoms with Gasteiger partial charge in [-0.1, -0.05) is 23.8 Å². The fourth-order valence-electron chi connectivity index (χ4n) is 3.94. The van der Waals surface area contributed by atoms with Gasteiger partial charge in [-0.15, -0.1) is 20.4 Å². The Morgan fingerprint density at radius 2 is 1.96 bits per heavy atom. The van der Waals surface area contributed by atoms with Crippen LogP contribution >= 0.6 is 11.3 Å². The molecule has 0 aliphatic carbocycles. The highest BCUT2D eigenvalue weighted by Gasteiger charge is 2.33. The summed E-state index contributed by atoms with van der Waals surface area (Å²) in [4.78, 5) is 6.74. The number of anilines is 1. The third-order valence-corrected chi connectivity index (χ3v) is 6.22. The molecule has 1 fully saturated rings. The van der Waals surface area contributed by atoms with Gasteiger partial charge in [-0.3, -0.25) is 4.98 Å². The number of rotatable bonds is 3. The molecule has 5 heterocycles. The molecule has 0 saturated carbocycles. The normalized spacial score (nSPS) is 20.2. The monoisotopic (exact) mass is 367 g/mol. The van der Waals surface area contributed by atoms with Crippen molar-refractivity contribution in [3.05, 3.63) is 36.0 Å². The maximum Gasteiger partial charge on any atom is 0.209 e. The van der Waals surface area contributed by atoms with Crippen LogP contribution in [0, 0.1) is 0 Å². The van der Waals surface area contributed by atoms with Crippen LogP contribution in [0.25, 0.3) is 10.7 Å². The lowest BCUT2D eigenvalue weighted by Crippen LogP contribution is -2.25. The van der Waals surface area contributed by atoms with E-state index in [1.54, 1.807) is 17.5 Å². The second kappa shape index (κ2) is 6.75. The zero-order valence-electron chi connectivity index (χ0n) is 14.6. The number of hydrogen-bond acceptors (Lipinski definition) is 7. The predicted molar refractivity (Wildman–Crippen MR) is 100 cm³/mol. The summed E-state index contributed by atoms with van der Waals surface area (Å²) in [6.07, 6.45) is 8.79. The molecule has 1 unspecified atom stereocenters. The number of pyridine rings is 1. The lowest BCUT2D eigenvalue weighted by Gasteiger charge is -2.23. The number of aromatic nitrogens is 6. The van der Waals surface area contributed by atoms with Gasteiger partial charge in [-0.25, -0.2) is 0 Å². The van der Waals surface area contributed by atoms with Crippen molar-refractivity contribution in [2.45, 2.75) is 51.1 Å². The van der Waals surface area contributed by atoms with Gasteiger partial charge in [0.05, 0.1) is 6.04 Å². The van der Waals surface area contributed by atoms with Crippen molar-refractivity contribution in [2.75, 3.05) is 11.4 Å². The van der Waals surface area contributed by atoms with Crippen LogP contribution in [-0.2, 0) is 13.0 Å². The van der Waals surface area contributed by atoms with Crippen molar-refractivity contribution in [3.8, 4) is 10.7 Å². The summed E-state index contributed by atoms with van der Waals surface area (Å²) in [6.45, 7) is 2.03. The van der Waals surface area contributed by atoms with Gasteiger partial charge in [-0.2, -0.15) is 0 Å². The lowest BCUT2D eigenvalue weighted by molar-refractivity contribution is 0.559. The molecule has 0 bridgehead atoms. The van der Waals surface area contributed by atoms with Crippen LogP contribution in [0.5, 0.6) is 0 Å². The molecule has 0 amide bonds. The minimum atomic E-state index is 0.249. The van der Waals surface area contributed by atoms with Crippen molar-refractivity contribution in [1.82, 2.24) is 29.9 Å². The number of aryl methyl sites for hydroxylation is 1. The number of nitrogens with zero attached hydrogens (tertiary/aromatic N) is 7. The van der Waals surface area contributed by atoms with Crippen molar-refractivity contribution in [2.24, 2.45) is 0 Å². The third kappa shape index (κ3) is 2.78. The minimum absolute atomic E-state index is 0.249. The molecule has 26 heavy (non-hydrogen) atoms. The fraction of sp³-hybridized carbons (Fsp3) is 0.500. The number of fused-ring (bicyclic) bond motifs is 1. The highest BCUT2D eigenvalue weighted by molar-refractivity contribution is 7.18. The second-order valence-electron chi connectivity index (χ2n) is 6.89. The molecule has 8 heteroatoms. The van der Waals surface area contributed by atoms with Gasteiger partial charge in [0.15, 0.2) is 10.8 Å². The molecule has 134 valence electrons. The van der Waals surface area contributed by atoms with Gasteiger partial charge in [0.2, 0.25) is 5.13 Å². The molecule has 1 atom stereocenters. The van der Waals surface area contributed by atoms with E-state index < -0.39 is 0 Å². The van der Waals surface area contributed by atoms with Crippen molar-refractivity contribution < 1.29 is 0 Å². The summed E-state index contributed by atoms with van der Waals surface area (Å²) in [7, 11) is 0. The molecule has 0 spiro atoms. The molecule has 7 nitrogen and oxygen atoms in total. The summed E-state index contributed by atoms with van der Waals surface area (Å²) >= 11 is 1.61. The molecule has 1 saturated heterocycles. The van der Waals surface area contributed by atoms with E-state index in [1.165, 1.54) is 19.3 Å². The van der Waals surface area contributed by atoms with E-state index >= 15 is 0 Å². The maximum atomic E-state index is 4.58. The molecular formula is C18H21N7S. The Bertz CT molecular complexity index is 888. The van der Waals surface area contributed by atoms with Gasteiger partial charge >= 0.3 is 0 Å². The molecule has 3 aromatic rings. The highest BCUT2D eigenvalue weighted by Crippen LogP contribution is 2.38. The van der Waals surface area contributed by atoms with Gasteiger partial charge < -0.3 is 9.47 Å². The molecule has 2 aliphatic rings. The highest BCUT2D eigenvalue weighted by atomic mass is 32.1. The van der Waals surface area contributed by atoms with Crippen molar-refractivity contribution in [3.63, 3.8) is 0 Å². The first-order valence-electron chi connectivity index (χ1n) is 9.34. The van der Waals surface area contributed by atoms with Crippen molar-refractivity contribution in [1.29, 1.82) is 0 Å². The quantitative estimate of drug-likeness (QED) is 0.707. The Labute approximate surface area is 156 Å². The SMILES string of the molecule is c1ccc(-c2nnc(N3CCCC3c3nnc4n3CCCCC4)s2)nc1. The van der Waals surface area contributed by atoms with E-state index in [2.05, 4.69) is 34.8 Å². The van der Waals surface area contributed by atoms with Gasteiger partial charge in [0.25, 0.3) is 0 Å². The van der Waals surface area contributed by atoms with Crippen LogP contribution < -0.4 is 4.90 Å². The zero-order chi connectivity index (χ0) is 17.3. The Morgan fingerprint density at radius 1 is 0.962 bits per heavy atom. The first-order chi connectivity index (χ1) is 12.9. The van der Waals surface area contributed by atoms with Crippen LogP contribution in [0.1, 0.15) is 49.8 Å². The van der Waals surface area contributed by atoms with E-state index in [1.807, 2.05) is 18.2 Å². The van der Waals surface area contributed by atoms with Crippen LogP contribution in [0.3, 0.4) is 0 Å². The third-order valence-electron chi connectivity index (χ3n) is 5.23. The number of hydrogen-bond donors (Lipinski definition) is 0. The first kappa shape index (κ1) is 15.9. The van der Waals surface area contributed by atoms with Gasteiger partial charge in [-0.05, 0) is 37.8 Å². The molecule has 5 rings (SSSR count). The van der Waals surface area contributed by atoms with Crippen LogP contribution in [0.4, 0.5) is 5.13 Å². The van der Waals surface area contributed by atoms with E-state index in [9.17, 15) is 0 Å². The van der Waals surface area contributed by atoms with E-state index in [-0.39, 0.29) is 6.04 Å². The Morgan fingerprint density at radius 3 is 2.88 bits per heavy atom. The maximum absolute atomic E-state index is 4.58. The molecule has 3 aromatic heterocycles. The molecule has 2 aliphatic heterocycles. The van der Waals surface area contributed by atoms with Crippen LogP contribution in [-0.4, -0.2) is 36.5 Å². The Hall–Kier alpha value is -2.35. The van der Waals surface area contributed by atoms with E-state index in [0.29, 0.717) is 0 Å². The summed E-state index contributed by atoms with van der Waals surface area (Å²) in [5.41, 5.74) is 0.878. The standard InChI is InChI=1S/C18H21N7S/c1-2-9-15-20-21-16(25(15)11-5-1)14-8-6-12-24(14)18-23-22-17(26-18)13-7-3-4-10-19-13/h3-4,7,10,14H,1-2,5-6,8-9,11-12H2. The summed E-state index contributed by atoms with van der Waals surface area (Å²) in [5.74, 6) is 2.25. The molecular weight excluding hydrogens is 346 g/mol. The lowest BCUT2D eigenvalue weighted by atomic mass is 10.2. The van der Waals surface area contributed by atoms with Gasteiger partial charge in [0, 0.05) is 25.7 Å². The van der Waals surface area contributed by atoms with E-state index in [4.69, 9.17) is 0 Å². The summed E-state index contributed by atoms with van der Waals surface area (Å²) in [5, 5.41) is 19.7. The molecule has 0 radical (unpaired) electrons. The molecule has 0 aromatic carbocycles. The first-order valence-corrected chi connectivity index (χ1v) is 10.2. The summed E-state index contributed by atoms with van der Waals surface area (Å²) < 4.78 is 2.36. The average Bonchev–Trinajstić information content (AvgIpc) is 3.39. The Balaban J connectivity index is 1.45. The fourth-order valence-corrected chi connectivity index (χ4v) is 4.84. The second-order valence-corrected chi connectivity index (χ2v) is 7.85.